The van der Waals surface area contributed by atoms with Crippen molar-refractivity contribution >= 4 is 23.2 Å². The molecular formula is C15H11N3O2S. The van der Waals surface area contributed by atoms with E-state index >= 15 is 0 Å². The normalized spacial score (nSPS) is 11.5. The molecule has 0 atom stereocenters. The lowest BCUT2D eigenvalue weighted by Gasteiger charge is -2.00. The molecule has 0 unspecified atom stereocenters. The van der Waals surface area contributed by atoms with Gasteiger partial charge in [0.2, 0.25) is 0 Å². The van der Waals surface area contributed by atoms with Crippen LogP contribution in [-0.2, 0) is 0 Å². The Morgan fingerprint density at radius 3 is 2.62 bits per heavy atom. The maximum atomic E-state index is 12.0. The number of nitrogens with zero attached hydrogens (tertiary/aromatic N) is 2. The Kier molecular flexibility index (Phi) is 3.61. The van der Waals surface area contributed by atoms with Crippen molar-refractivity contribution in [2.24, 2.45) is 0 Å². The number of thiophene rings is 1. The number of aromatic nitrogens is 3. The molecule has 0 bridgehead atoms. The van der Waals surface area contributed by atoms with Gasteiger partial charge < -0.3 is 10.1 Å². The van der Waals surface area contributed by atoms with E-state index in [0.717, 1.165) is 5.56 Å². The largest absolute Gasteiger partial charge is 0.506 e. The van der Waals surface area contributed by atoms with Gasteiger partial charge in [0, 0.05) is 11.6 Å². The summed E-state index contributed by atoms with van der Waals surface area (Å²) < 4.78 is 0. The van der Waals surface area contributed by atoms with Crippen LogP contribution in [0.1, 0.15) is 10.6 Å². The summed E-state index contributed by atoms with van der Waals surface area (Å²) in [6, 6.07) is 12.8. The number of aliphatic hydroxyl groups is 1. The molecule has 5 nitrogen and oxygen atoms in total. The SMILES string of the molecule is O=c1[nH]c(-c2ccccc2)nnc1/C=C(\O)c1cccs1. The van der Waals surface area contributed by atoms with Gasteiger partial charge in [0.15, 0.2) is 11.5 Å². The van der Waals surface area contributed by atoms with Crippen molar-refractivity contribution in [3.8, 4) is 11.4 Å². The van der Waals surface area contributed by atoms with Crippen LogP contribution in [0, 0.1) is 0 Å². The van der Waals surface area contributed by atoms with Gasteiger partial charge in [-0.2, -0.15) is 0 Å². The number of H-pyrrole nitrogens is 1. The summed E-state index contributed by atoms with van der Waals surface area (Å²) in [7, 11) is 0. The molecule has 104 valence electrons. The second kappa shape index (κ2) is 5.72. The van der Waals surface area contributed by atoms with Gasteiger partial charge in [0.1, 0.15) is 5.76 Å². The summed E-state index contributed by atoms with van der Waals surface area (Å²) in [6.45, 7) is 0. The van der Waals surface area contributed by atoms with E-state index in [-0.39, 0.29) is 11.5 Å². The van der Waals surface area contributed by atoms with Crippen LogP contribution in [0.4, 0.5) is 0 Å². The Hall–Kier alpha value is -2.73. The Morgan fingerprint density at radius 2 is 1.95 bits per heavy atom. The van der Waals surface area contributed by atoms with Crippen molar-refractivity contribution in [2.75, 3.05) is 0 Å². The standard InChI is InChI=1S/C15H11N3O2S/c19-12(13-7-4-8-21-13)9-11-15(20)16-14(18-17-11)10-5-2-1-3-6-10/h1-9,19H,(H,16,18,20)/b12-9-. The smallest absolute Gasteiger partial charge is 0.277 e. The number of rotatable bonds is 3. The minimum atomic E-state index is -0.396. The van der Waals surface area contributed by atoms with Gasteiger partial charge >= 0.3 is 0 Å². The number of aromatic amines is 1. The van der Waals surface area contributed by atoms with Crippen LogP contribution in [0.15, 0.2) is 52.6 Å². The molecule has 2 heterocycles. The predicted octanol–water partition coefficient (Wildman–Crippen LogP) is 2.95. The first-order valence-electron chi connectivity index (χ1n) is 6.21. The molecule has 0 saturated carbocycles. The molecule has 3 rings (SSSR count). The maximum Gasteiger partial charge on any atom is 0.277 e. The fraction of sp³-hybridized carbons (Fsp3) is 0. The zero-order valence-corrected chi connectivity index (χ0v) is 11.7. The van der Waals surface area contributed by atoms with Crippen molar-refractivity contribution in [1.82, 2.24) is 15.2 Å². The van der Waals surface area contributed by atoms with E-state index in [9.17, 15) is 9.90 Å². The van der Waals surface area contributed by atoms with Gasteiger partial charge in [-0.3, -0.25) is 4.79 Å². The fourth-order valence-electron chi connectivity index (χ4n) is 1.79. The number of nitrogens with one attached hydrogen (secondary N) is 1. The molecule has 0 fully saturated rings. The molecule has 0 radical (unpaired) electrons. The van der Waals surface area contributed by atoms with Crippen LogP contribution in [0.3, 0.4) is 0 Å². The third-order valence-electron chi connectivity index (χ3n) is 2.82. The summed E-state index contributed by atoms with van der Waals surface area (Å²) in [5.74, 6) is 0.394. The van der Waals surface area contributed by atoms with Crippen molar-refractivity contribution in [3.63, 3.8) is 0 Å². The average Bonchev–Trinajstić information content (AvgIpc) is 3.04. The van der Waals surface area contributed by atoms with E-state index in [1.165, 1.54) is 17.4 Å². The van der Waals surface area contributed by atoms with E-state index in [2.05, 4.69) is 15.2 Å². The lowest BCUT2D eigenvalue weighted by Crippen LogP contribution is -2.15. The molecular weight excluding hydrogens is 286 g/mol. The Morgan fingerprint density at radius 1 is 1.14 bits per heavy atom. The number of hydrogen-bond donors (Lipinski definition) is 2. The minimum Gasteiger partial charge on any atom is -0.506 e. The van der Waals surface area contributed by atoms with Crippen LogP contribution < -0.4 is 5.56 Å². The molecule has 6 heteroatoms. The average molecular weight is 297 g/mol. The van der Waals surface area contributed by atoms with Gasteiger partial charge in [-0.1, -0.05) is 36.4 Å². The van der Waals surface area contributed by atoms with E-state index in [1.54, 1.807) is 6.07 Å². The molecule has 1 aromatic carbocycles. The summed E-state index contributed by atoms with van der Waals surface area (Å²) in [5.41, 5.74) is 0.452. The van der Waals surface area contributed by atoms with Crippen LogP contribution in [0.5, 0.6) is 0 Å². The third-order valence-corrected chi connectivity index (χ3v) is 3.71. The topological polar surface area (TPSA) is 78.9 Å². The molecule has 0 aliphatic rings. The summed E-state index contributed by atoms with van der Waals surface area (Å²) in [6.07, 6.45) is 1.31. The molecule has 2 aromatic heterocycles. The highest BCUT2D eigenvalue weighted by Gasteiger charge is 2.07. The van der Waals surface area contributed by atoms with Crippen molar-refractivity contribution in [3.05, 3.63) is 68.8 Å². The molecule has 21 heavy (non-hydrogen) atoms. The predicted molar refractivity (Wildman–Crippen MR) is 82.9 cm³/mol. The fourth-order valence-corrected chi connectivity index (χ4v) is 2.43. The van der Waals surface area contributed by atoms with Crippen LogP contribution >= 0.6 is 11.3 Å². The Bertz CT molecular complexity index is 824. The Balaban J connectivity index is 1.96. The van der Waals surface area contributed by atoms with Crippen molar-refractivity contribution in [2.45, 2.75) is 0 Å². The molecule has 3 aromatic rings. The van der Waals surface area contributed by atoms with Crippen molar-refractivity contribution < 1.29 is 5.11 Å². The molecule has 0 aliphatic heterocycles. The second-order valence-electron chi connectivity index (χ2n) is 4.26. The lowest BCUT2D eigenvalue weighted by molar-refractivity contribution is 0.517. The number of benzene rings is 1. The quantitative estimate of drug-likeness (QED) is 0.728. The zero-order chi connectivity index (χ0) is 14.7. The highest BCUT2D eigenvalue weighted by molar-refractivity contribution is 7.11. The van der Waals surface area contributed by atoms with Crippen LogP contribution in [0.25, 0.3) is 23.2 Å². The summed E-state index contributed by atoms with van der Waals surface area (Å²) in [4.78, 5) is 15.3. The van der Waals surface area contributed by atoms with Crippen LogP contribution in [-0.4, -0.2) is 20.3 Å². The Labute approximate surface area is 124 Å². The first-order valence-corrected chi connectivity index (χ1v) is 7.09. The maximum absolute atomic E-state index is 12.0. The van der Waals surface area contributed by atoms with E-state index in [0.29, 0.717) is 10.7 Å². The molecule has 0 aliphatic carbocycles. The molecule has 0 saturated heterocycles. The highest BCUT2D eigenvalue weighted by atomic mass is 32.1. The molecule has 0 spiro atoms. The van der Waals surface area contributed by atoms with Gasteiger partial charge in [0.05, 0.1) is 4.88 Å². The van der Waals surface area contributed by atoms with Crippen molar-refractivity contribution in [1.29, 1.82) is 0 Å². The van der Waals surface area contributed by atoms with Gasteiger partial charge in [-0.05, 0) is 11.4 Å². The minimum absolute atomic E-state index is 0.00254. The highest BCUT2D eigenvalue weighted by Crippen LogP contribution is 2.19. The van der Waals surface area contributed by atoms with E-state index in [1.807, 2.05) is 41.8 Å². The van der Waals surface area contributed by atoms with E-state index < -0.39 is 5.56 Å². The first kappa shape index (κ1) is 13.3. The summed E-state index contributed by atoms with van der Waals surface area (Å²) >= 11 is 1.38. The number of aliphatic hydroxyl groups excluding tert-OH is 1. The van der Waals surface area contributed by atoms with E-state index in [4.69, 9.17) is 0 Å². The second-order valence-corrected chi connectivity index (χ2v) is 5.21. The zero-order valence-electron chi connectivity index (χ0n) is 10.9. The monoisotopic (exact) mass is 297 g/mol. The van der Waals surface area contributed by atoms with Gasteiger partial charge in [0.25, 0.3) is 5.56 Å². The first-order chi connectivity index (χ1) is 10.2. The number of hydrogen-bond acceptors (Lipinski definition) is 5. The molecule has 2 N–H and O–H groups in total. The lowest BCUT2D eigenvalue weighted by atomic mass is 10.2. The summed E-state index contributed by atoms with van der Waals surface area (Å²) in [5, 5.41) is 19.6. The van der Waals surface area contributed by atoms with Gasteiger partial charge in [-0.25, -0.2) is 0 Å². The molecule has 0 amide bonds. The third kappa shape index (κ3) is 2.90. The van der Waals surface area contributed by atoms with Crippen LogP contribution in [0.2, 0.25) is 0 Å². The van der Waals surface area contributed by atoms with Gasteiger partial charge in [-0.15, -0.1) is 21.5 Å².